The molecule has 1 aliphatic heterocycles. The number of hydrogen-bond donors (Lipinski definition) is 4. The van der Waals surface area contributed by atoms with Crippen LogP contribution in [0.3, 0.4) is 0 Å². The van der Waals surface area contributed by atoms with Crippen LogP contribution in [-0.2, 0) is 38.3 Å². The molecule has 6 atom stereocenters. The van der Waals surface area contributed by atoms with Crippen LogP contribution in [0.5, 0.6) is 0 Å². The van der Waals surface area contributed by atoms with E-state index in [0.29, 0.717) is 13.0 Å². The highest BCUT2D eigenvalue weighted by atomic mass is 32.3. The Bertz CT molecular complexity index is 1260. The fourth-order valence-electron chi connectivity index (χ4n) is 7.82. The monoisotopic (exact) mass is 931 g/mol. The molecule has 4 N–H and O–H groups in total. The fraction of sp³-hybridized carbons (Fsp3) is 0.863. The number of ether oxygens (including phenoxy) is 4. The second-order valence-electron chi connectivity index (χ2n) is 17.8. The van der Waals surface area contributed by atoms with E-state index in [1.165, 1.54) is 141 Å². The first-order valence-corrected chi connectivity index (χ1v) is 27.1. The lowest BCUT2D eigenvalue weighted by Crippen LogP contribution is -2.60. The molecule has 64 heavy (non-hydrogen) atoms. The van der Waals surface area contributed by atoms with Gasteiger partial charge in [0.05, 0.1) is 19.8 Å². The molecular weight excluding hydrogens is 837 g/mol. The Balaban J connectivity index is 2.36. The number of allylic oxidation sites excluding steroid dienone is 6. The van der Waals surface area contributed by atoms with Crippen LogP contribution in [0.2, 0.25) is 0 Å². The minimum absolute atomic E-state index is 0.0335. The average Bonchev–Trinajstić information content (AvgIpc) is 3.27. The van der Waals surface area contributed by atoms with Gasteiger partial charge in [-0.25, -0.2) is 4.18 Å². The first-order valence-electron chi connectivity index (χ1n) is 25.7. The normalized spacial score (nSPS) is 20.0. The minimum atomic E-state index is -5.06. The van der Waals surface area contributed by atoms with E-state index in [9.17, 15) is 33.1 Å². The smallest absolute Gasteiger partial charge is 0.397 e. The number of aliphatic hydroxyl groups is 3. The highest BCUT2D eigenvalue weighted by Crippen LogP contribution is 2.26. The first-order chi connectivity index (χ1) is 31.1. The average molecular weight is 931 g/mol. The maximum Gasteiger partial charge on any atom is 0.397 e. The first kappa shape index (κ1) is 60.3. The number of esters is 1. The van der Waals surface area contributed by atoms with E-state index in [1.54, 1.807) is 0 Å². The number of unbranched alkanes of at least 4 members (excludes halogenated alkanes) is 26. The summed E-state index contributed by atoms with van der Waals surface area (Å²) < 4.78 is 59.2. The van der Waals surface area contributed by atoms with Crippen LogP contribution in [-0.4, -0.2) is 97.5 Å². The summed E-state index contributed by atoms with van der Waals surface area (Å²) in [5.41, 5.74) is 0. The van der Waals surface area contributed by atoms with Gasteiger partial charge in [-0.1, -0.05) is 179 Å². The molecule has 0 aliphatic carbocycles. The lowest BCUT2D eigenvalue weighted by atomic mass is 9.99. The second kappa shape index (κ2) is 42.7. The molecule has 376 valence electrons. The zero-order valence-corrected chi connectivity index (χ0v) is 41.2. The van der Waals surface area contributed by atoms with Gasteiger partial charge in [-0.05, 0) is 70.6 Å². The fourth-order valence-corrected chi connectivity index (χ4v) is 8.32. The molecule has 6 unspecified atom stereocenters. The van der Waals surface area contributed by atoms with Crippen molar-refractivity contribution >= 4 is 16.4 Å². The molecular formula is C51H94O12S. The van der Waals surface area contributed by atoms with Gasteiger partial charge in [0.1, 0.15) is 30.5 Å². The quantitative estimate of drug-likeness (QED) is 0.0197. The molecule has 1 fully saturated rings. The van der Waals surface area contributed by atoms with Gasteiger partial charge in [-0.2, -0.15) is 8.42 Å². The molecule has 0 amide bonds. The predicted molar refractivity (Wildman–Crippen MR) is 257 cm³/mol. The van der Waals surface area contributed by atoms with Gasteiger partial charge in [0.25, 0.3) is 0 Å². The van der Waals surface area contributed by atoms with Gasteiger partial charge < -0.3 is 34.3 Å². The molecule has 1 aliphatic rings. The molecule has 13 heteroatoms. The lowest BCUT2D eigenvalue weighted by molar-refractivity contribution is -0.301. The maximum atomic E-state index is 12.9. The van der Waals surface area contributed by atoms with Crippen molar-refractivity contribution in [3.8, 4) is 0 Å². The highest BCUT2D eigenvalue weighted by molar-refractivity contribution is 7.80. The molecule has 0 radical (unpaired) electrons. The van der Waals surface area contributed by atoms with E-state index >= 15 is 0 Å². The van der Waals surface area contributed by atoms with E-state index < -0.39 is 59.8 Å². The van der Waals surface area contributed by atoms with E-state index in [2.05, 4.69) is 54.5 Å². The molecule has 0 aromatic rings. The molecule has 1 rings (SSSR count). The van der Waals surface area contributed by atoms with E-state index in [1.807, 2.05) is 0 Å². The van der Waals surface area contributed by atoms with Gasteiger partial charge in [0.2, 0.25) is 0 Å². The SMILES string of the molecule is CCCCC/C=C\C/C=C\CCCCCCCCCCCCOCC(COC1OC(CO)C(O)C(OS(=O)(=O)O)C1O)OC(=O)CCCCCCCCC/C=C\CCCCCCCC. The summed E-state index contributed by atoms with van der Waals surface area (Å²) in [6, 6.07) is 0. The van der Waals surface area contributed by atoms with Crippen molar-refractivity contribution < 1.29 is 56.2 Å². The number of rotatable bonds is 45. The van der Waals surface area contributed by atoms with Crippen molar-refractivity contribution in [3.05, 3.63) is 36.5 Å². The maximum absolute atomic E-state index is 12.9. The number of aliphatic hydroxyl groups excluding tert-OH is 3. The van der Waals surface area contributed by atoms with Crippen molar-refractivity contribution in [3.63, 3.8) is 0 Å². The third kappa shape index (κ3) is 35.5. The van der Waals surface area contributed by atoms with E-state index in [0.717, 1.165) is 51.4 Å². The Morgan fingerprint density at radius 2 is 1.03 bits per heavy atom. The third-order valence-electron chi connectivity index (χ3n) is 11.7. The van der Waals surface area contributed by atoms with Gasteiger partial charge in [0, 0.05) is 13.0 Å². The Morgan fingerprint density at radius 1 is 0.594 bits per heavy atom. The zero-order chi connectivity index (χ0) is 46.8. The van der Waals surface area contributed by atoms with Crippen LogP contribution in [0.15, 0.2) is 36.5 Å². The summed E-state index contributed by atoms with van der Waals surface area (Å²) in [6.07, 6.45) is 41.7. The van der Waals surface area contributed by atoms with Gasteiger partial charge in [-0.15, -0.1) is 0 Å². The summed E-state index contributed by atoms with van der Waals surface area (Å²) in [5.74, 6) is -0.403. The van der Waals surface area contributed by atoms with Crippen LogP contribution in [0, 0.1) is 0 Å². The Hall–Kier alpha value is -1.68. The molecule has 1 heterocycles. The summed E-state index contributed by atoms with van der Waals surface area (Å²) in [7, 11) is -5.06. The standard InChI is InChI=1S/C51H94O12S/c1-3-5-7-9-11-13-15-17-19-21-22-23-25-27-29-31-33-35-37-39-41-59-43-45(44-60-51-49(55)50(63-64(56,57)58)48(54)46(42-52)62-51)61-47(53)40-38-36-34-32-30-28-26-24-20-18-16-14-12-10-8-6-4-2/h11,13,17-20,45-46,48-52,54-55H,3-10,12,14-16,21-44H2,1-2H3,(H,56,57,58)/b13-11-,19-17-,20-18-. The van der Waals surface area contributed by atoms with Crippen molar-refractivity contribution in [2.24, 2.45) is 0 Å². The van der Waals surface area contributed by atoms with Crippen molar-refractivity contribution in [1.82, 2.24) is 0 Å². The Kier molecular flexibility index (Phi) is 40.2. The van der Waals surface area contributed by atoms with Crippen molar-refractivity contribution in [1.29, 1.82) is 0 Å². The van der Waals surface area contributed by atoms with Crippen molar-refractivity contribution in [2.75, 3.05) is 26.4 Å². The van der Waals surface area contributed by atoms with Gasteiger partial charge in [-0.3, -0.25) is 9.35 Å². The number of carbonyl (C=O) groups is 1. The van der Waals surface area contributed by atoms with Crippen LogP contribution in [0.1, 0.15) is 219 Å². The molecule has 0 aromatic carbocycles. The van der Waals surface area contributed by atoms with Gasteiger partial charge in [0.15, 0.2) is 6.29 Å². The largest absolute Gasteiger partial charge is 0.457 e. The van der Waals surface area contributed by atoms with Crippen LogP contribution in [0.25, 0.3) is 0 Å². The topological polar surface area (TPSA) is 178 Å². The van der Waals surface area contributed by atoms with Gasteiger partial charge >= 0.3 is 16.4 Å². The summed E-state index contributed by atoms with van der Waals surface area (Å²) in [6.45, 7) is 3.97. The molecule has 1 saturated heterocycles. The number of carbonyl (C=O) groups excluding carboxylic acids is 1. The van der Waals surface area contributed by atoms with Crippen LogP contribution >= 0.6 is 0 Å². The number of hydrogen-bond acceptors (Lipinski definition) is 11. The third-order valence-corrected chi connectivity index (χ3v) is 12.2. The minimum Gasteiger partial charge on any atom is -0.457 e. The summed E-state index contributed by atoms with van der Waals surface area (Å²) in [4.78, 5) is 12.9. The predicted octanol–water partition coefficient (Wildman–Crippen LogP) is 11.7. The molecule has 0 spiro atoms. The van der Waals surface area contributed by atoms with E-state index in [4.69, 9.17) is 18.9 Å². The summed E-state index contributed by atoms with van der Waals surface area (Å²) >= 11 is 0. The Morgan fingerprint density at radius 3 is 1.53 bits per heavy atom. The van der Waals surface area contributed by atoms with E-state index in [-0.39, 0.29) is 19.6 Å². The summed E-state index contributed by atoms with van der Waals surface area (Å²) in [5, 5.41) is 30.7. The van der Waals surface area contributed by atoms with Crippen LogP contribution in [0.4, 0.5) is 0 Å². The lowest BCUT2D eigenvalue weighted by Gasteiger charge is -2.41. The Labute approximate surface area is 390 Å². The van der Waals surface area contributed by atoms with Crippen molar-refractivity contribution in [2.45, 2.75) is 256 Å². The second-order valence-corrected chi connectivity index (χ2v) is 18.8. The molecule has 0 saturated carbocycles. The molecule has 0 bridgehead atoms. The zero-order valence-electron chi connectivity index (χ0n) is 40.3. The van der Waals surface area contributed by atoms with Crippen LogP contribution < -0.4 is 0 Å². The highest BCUT2D eigenvalue weighted by Gasteiger charge is 2.48. The molecule has 0 aromatic heterocycles. The molecule has 12 nitrogen and oxygen atoms in total.